The first-order chi connectivity index (χ1) is 7.22. The third kappa shape index (κ3) is 4.35. The van der Waals surface area contributed by atoms with Gasteiger partial charge in [-0.2, -0.15) is 0 Å². The summed E-state index contributed by atoms with van der Waals surface area (Å²) in [5.74, 6) is 0.240. The lowest BCUT2D eigenvalue weighted by molar-refractivity contribution is -0.143. The van der Waals surface area contributed by atoms with Gasteiger partial charge >= 0.3 is 5.97 Å². The second kappa shape index (κ2) is 5.90. The first kappa shape index (κ1) is 11.4. The Balaban J connectivity index is 2.26. The number of ether oxygens (including phenoxy) is 2. The molecule has 1 rings (SSSR count). The predicted octanol–water partition coefficient (Wildman–Crippen LogP) is 2.16. The van der Waals surface area contributed by atoms with Crippen molar-refractivity contribution in [2.45, 2.75) is 13.3 Å². The molecule has 0 unspecified atom stereocenters. The van der Waals surface area contributed by atoms with Crippen LogP contribution in [0.25, 0.3) is 0 Å². The molecule has 0 saturated heterocycles. The second-order valence-corrected chi connectivity index (χ2v) is 2.87. The van der Waals surface area contributed by atoms with Crippen LogP contribution in [0.15, 0.2) is 24.3 Å². The number of carbonyl (C=O) groups is 1. The van der Waals surface area contributed by atoms with Crippen LogP contribution in [-0.2, 0) is 14.6 Å². The molecule has 0 aliphatic rings. The molecule has 0 aliphatic heterocycles. The summed E-state index contributed by atoms with van der Waals surface area (Å²) >= 11 is 0. The fourth-order valence-corrected chi connectivity index (χ4v) is 1.02. The molecule has 0 fully saturated rings. The summed E-state index contributed by atoms with van der Waals surface area (Å²) in [6, 6.07) is 5.99. The topological polar surface area (TPSA) is 55.4 Å². The quantitative estimate of drug-likeness (QED) is 0.698. The van der Waals surface area contributed by atoms with E-state index in [1.54, 1.807) is 19.1 Å². The zero-order valence-electron chi connectivity index (χ0n) is 8.56. The van der Waals surface area contributed by atoms with Crippen molar-refractivity contribution >= 4 is 5.97 Å². The summed E-state index contributed by atoms with van der Waals surface area (Å²) in [6.45, 7) is 2.40. The monoisotopic (exact) mass is 209 g/mol. The first-order valence-corrected chi connectivity index (χ1v) is 4.78. The SMILES string of the molecule is CCOC(=O)CCOc1ccc([O])cc1. The van der Waals surface area contributed by atoms with Crippen LogP contribution in [0.5, 0.6) is 11.5 Å². The molecule has 1 aromatic carbocycles. The number of hydrogen-bond acceptors (Lipinski definition) is 3. The smallest absolute Gasteiger partial charge is 0.309 e. The van der Waals surface area contributed by atoms with E-state index in [9.17, 15) is 9.90 Å². The van der Waals surface area contributed by atoms with Gasteiger partial charge in [-0.05, 0) is 31.2 Å². The Bertz CT molecular complexity index is 305. The van der Waals surface area contributed by atoms with E-state index in [0.29, 0.717) is 12.4 Å². The minimum absolute atomic E-state index is 0.0623. The molecule has 1 aromatic rings. The predicted molar refractivity (Wildman–Crippen MR) is 53.3 cm³/mol. The Kier molecular flexibility index (Phi) is 4.47. The van der Waals surface area contributed by atoms with Gasteiger partial charge in [0.2, 0.25) is 0 Å². The van der Waals surface area contributed by atoms with Gasteiger partial charge in [0.05, 0.1) is 19.6 Å². The van der Waals surface area contributed by atoms with Gasteiger partial charge in [0, 0.05) is 0 Å². The van der Waals surface area contributed by atoms with Crippen molar-refractivity contribution in [3.8, 4) is 11.5 Å². The van der Waals surface area contributed by atoms with E-state index >= 15 is 0 Å². The third-order valence-corrected chi connectivity index (χ3v) is 1.70. The molecule has 4 nitrogen and oxygen atoms in total. The molecular weight excluding hydrogens is 196 g/mol. The second-order valence-electron chi connectivity index (χ2n) is 2.87. The Morgan fingerprint density at radius 3 is 2.53 bits per heavy atom. The van der Waals surface area contributed by atoms with Crippen LogP contribution >= 0.6 is 0 Å². The third-order valence-electron chi connectivity index (χ3n) is 1.70. The van der Waals surface area contributed by atoms with Crippen molar-refractivity contribution in [2.75, 3.05) is 13.2 Å². The molecule has 0 heterocycles. The van der Waals surface area contributed by atoms with Crippen molar-refractivity contribution in [1.82, 2.24) is 0 Å². The summed E-state index contributed by atoms with van der Waals surface area (Å²) in [7, 11) is 0. The highest BCUT2D eigenvalue weighted by atomic mass is 16.5. The van der Waals surface area contributed by atoms with E-state index in [2.05, 4.69) is 0 Å². The van der Waals surface area contributed by atoms with Crippen molar-refractivity contribution in [2.24, 2.45) is 0 Å². The molecule has 0 atom stereocenters. The van der Waals surface area contributed by atoms with E-state index < -0.39 is 0 Å². The lowest BCUT2D eigenvalue weighted by atomic mass is 10.3. The highest BCUT2D eigenvalue weighted by Gasteiger charge is 2.01. The van der Waals surface area contributed by atoms with E-state index in [1.807, 2.05) is 0 Å². The van der Waals surface area contributed by atoms with Crippen molar-refractivity contribution in [3.05, 3.63) is 24.3 Å². The lowest BCUT2D eigenvalue weighted by Crippen LogP contribution is -2.09. The highest BCUT2D eigenvalue weighted by Crippen LogP contribution is 2.16. The first-order valence-electron chi connectivity index (χ1n) is 4.78. The lowest BCUT2D eigenvalue weighted by Gasteiger charge is -2.05. The van der Waals surface area contributed by atoms with Crippen LogP contribution in [0.3, 0.4) is 0 Å². The average molecular weight is 209 g/mol. The number of carbonyl (C=O) groups excluding carboxylic acids is 1. The molecule has 0 aromatic heterocycles. The minimum Gasteiger partial charge on any atom is -0.493 e. The molecule has 81 valence electrons. The Hall–Kier alpha value is -1.71. The van der Waals surface area contributed by atoms with E-state index in [-0.39, 0.29) is 24.7 Å². The number of hydrogen-bond donors (Lipinski definition) is 0. The van der Waals surface area contributed by atoms with Crippen molar-refractivity contribution < 1.29 is 19.4 Å². The molecule has 0 amide bonds. The molecule has 0 N–H and O–H groups in total. The minimum atomic E-state index is -0.280. The normalized spacial score (nSPS) is 9.67. The summed E-state index contributed by atoms with van der Waals surface area (Å²) < 4.78 is 9.97. The van der Waals surface area contributed by atoms with Gasteiger partial charge in [-0.1, -0.05) is 0 Å². The van der Waals surface area contributed by atoms with Gasteiger partial charge in [-0.3, -0.25) is 9.90 Å². The largest absolute Gasteiger partial charge is 0.493 e. The number of benzene rings is 1. The fraction of sp³-hybridized carbons (Fsp3) is 0.364. The van der Waals surface area contributed by atoms with Crippen LogP contribution in [-0.4, -0.2) is 19.2 Å². The molecule has 1 radical (unpaired) electrons. The van der Waals surface area contributed by atoms with Gasteiger partial charge in [0.15, 0.2) is 5.75 Å². The van der Waals surface area contributed by atoms with Crippen molar-refractivity contribution in [3.63, 3.8) is 0 Å². The zero-order chi connectivity index (χ0) is 11.1. The number of rotatable bonds is 5. The highest BCUT2D eigenvalue weighted by molar-refractivity contribution is 5.69. The van der Waals surface area contributed by atoms with Crippen LogP contribution < -0.4 is 4.74 Å². The molecule has 0 bridgehead atoms. The average Bonchev–Trinajstić information content (AvgIpc) is 2.21. The molecular formula is C11H13O4. The molecule has 0 spiro atoms. The van der Waals surface area contributed by atoms with Gasteiger partial charge in [-0.15, -0.1) is 0 Å². The standard InChI is InChI=1S/C11H13O4/c1-2-14-11(13)7-8-15-10-5-3-9(12)4-6-10/h3-6H,2,7-8H2,1H3. The molecule has 4 heteroatoms. The molecule has 15 heavy (non-hydrogen) atoms. The summed E-state index contributed by atoms with van der Waals surface area (Å²) in [4.78, 5) is 10.9. The Morgan fingerprint density at radius 2 is 1.93 bits per heavy atom. The Morgan fingerprint density at radius 1 is 1.27 bits per heavy atom. The molecule has 0 aliphatic carbocycles. The van der Waals surface area contributed by atoms with Crippen LogP contribution in [0.2, 0.25) is 0 Å². The Labute approximate surface area is 88.4 Å². The van der Waals surface area contributed by atoms with Gasteiger partial charge < -0.3 is 9.47 Å². The summed E-state index contributed by atoms with van der Waals surface area (Å²) in [5, 5.41) is 10.8. The van der Waals surface area contributed by atoms with Gasteiger partial charge in [0.25, 0.3) is 0 Å². The number of esters is 1. The zero-order valence-corrected chi connectivity index (χ0v) is 8.56. The fourth-order valence-electron chi connectivity index (χ4n) is 1.02. The van der Waals surface area contributed by atoms with Gasteiger partial charge in [0.1, 0.15) is 5.75 Å². The van der Waals surface area contributed by atoms with Crippen molar-refractivity contribution in [1.29, 1.82) is 0 Å². The summed E-state index contributed by atoms with van der Waals surface area (Å²) in [6.07, 6.45) is 0.215. The summed E-state index contributed by atoms with van der Waals surface area (Å²) in [5.41, 5.74) is 0. The van der Waals surface area contributed by atoms with Crippen LogP contribution in [0.1, 0.15) is 13.3 Å². The van der Waals surface area contributed by atoms with Crippen LogP contribution in [0.4, 0.5) is 0 Å². The molecule has 0 saturated carbocycles. The van der Waals surface area contributed by atoms with Crippen LogP contribution in [0, 0.1) is 0 Å². The van der Waals surface area contributed by atoms with E-state index in [0.717, 1.165) is 0 Å². The van der Waals surface area contributed by atoms with E-state index in [1.165, 1.54) is 12.1 Å². The van der Waals surface area contributed by atoms with Gasteiger partial charge in [-0.25, -0.2) is 0 Å². The maximum atomic E-state index is 10.9. The van der Waals surface area contributed by atoms with E-state index in [4.69, 9.17) is 9.47 Å². The maximum Gasteiger partial charge on any atom is 0.309 e. The maximum absolute atomic E-state index is 10.9.